The molecular weight excluding hydrogens is 384 g/mol. The molecule has 1 aliphatic heterocycles. The van der Waals surface area contributed by atoms with Gasteiger partial charge in [-0.1, -0.05) is 20.3 Å². The SMILES string of the molecule is CCc1cc2c(=O)c(-c3nc(C)cs3)coc2c(CN2CCCC[C@@H]2CC)c1O. The number of nitrogens with zero attached hydrogens (tertiary/aromatic N) is 2. The average molecular weight is 413 g/mol. The number of rotatable bonds is 5. The number of aryl methyl sites for hydroxylation is 2. The second kappa shape index (κ2) is 8.28. The quantitative estimate of drug-likeness (QED) is 0.619. The lowest BCUT2D eigenvalue weighted by Gasteiger charge is -2.35. The Kier molecular flexibility index (Phi) is 5.74. The molecule has 0 bridgehead atoms. The molecule has 0 unspecified atom stereocenters. The largest absolute Gasteiger partial charge is 0.507 e. The van der Waals surface area contributed by atoms with Crippen molar-refractivity contribution in [2.24, 2.45) is 0 Å². The standard InChI is InChI=1S/C23H28N2O3S/c1-4-15-10-17-21(27)19(23-24-14(3)13-29-23)12-28-22(17)18(20(15)26)11-25-9-7-6-8-16(25)5-2/h10,12-13,16,26H,4-9,11H2,1-3H3/t16-/m0/s1. The van der Waals surface area contributed by atoms with Crippen molar-refractivity contribution in [2.45, 2.75) is 65.5 Å². The van der Waals surface area contributed by atoms with E-state index in [-0.39, 0.29) is 11.2 Å². The van der Waals surface area contributed by atoms with Crippen LogP contribution in [0.4, 0.5) is 0 Å². The lowest BCUT2D eigenvalue weighted by atomic mass is 9.97. The van der Waals surface area contributed by atoms with Crippen molar-refractivity contribution < 1.29 is 9.52 Å². The predicted octanol–water partition coefficient (Wildman–Crippen LogP) is 5.26. The third-order valence-corrected chi connectivity index (χ3v) is 7.02. The molecule has 6 heteroatoms. The highest BCUT2D eigenvalue weighted by molar-refractivity contribution is 7.13. The summed E-state index contributed by atoms with van der Waals surface area (Å²) in [5.41, 5.74) is 3.32. The number of piperidine rings is 1. The van der Waals surface area contributed by atoms with E-state index in [0.29, 0.717) is 40.5 Å². The van der Waals surface area contributed by atoms with Crippen LogP contribution in [0.25, 0.3) is 21.5 Å². The summed E-state index contributed by atoms with van der Waals surface area (Å²) in [6.45, 7) is 7.74. The monoisotopic (exact) mass is 412 g/mol. The Morgan fingerprint density at radius 3 is 2.86 bits per heavy atom. The minimum atomic E-state index is -0.0813. The number of aromatic nitrogens is 1. The summed E-state index contributed by atoms with van der Waals surface area (Å²) in [7, 11) is 0. The van der Waals surface area contributed by atoms with Gasteiger partial charge in [0.1, 0.15) is 22.6 Å². The first-order chi connectivity index (χ1) is 14.0. The van der Waals surface area contributed by atoms with E-state index < -0.39 is 0 Å². The number of benzene rings is 1. The molecule has 0 aliphatic carbocycles. The lowest BCUT2D eigenvalue weighted by molar-refractivity contribution is 0.135. The van der Waals surface area contributed by atoms with Crippen molar-refractivity contribution in [3.05, 3.63) is 44.8 Å². The highest BCUT2D eigenvalue weighted by Crippen LogP contribution is 2.35. The highest BCUT2D eigenvalue weighted by atomic mass is 32.1. The Labute approximate surface area is 175 Å². The second-order valence-corrected chi connectivity index (χ2v) is 8.75. The maximum Gasteiger partial charge on any atom is 0.202 e. The fourth-order valence-electron chi connectivity index (χ4n) is 4.37. The average Bonchev–Trinajstić information content (AvgIpc) is 3.16. The summed E-state index contributed by atoms with van der Waals surface area (Å²) in [4.78, 5) is 20.2. The van der Waals surface area contributed by atoms with E-state index in [2.05, 4.69) is 16.8 Å². The Morgan fingerprint density at radius 1 is 1.34 bits per heavy atom. The van der Waals surface area contributed by atoms with Gasteiger partial charge in [-0.05, 0) is 50.8 Å². The van der Waals surface area contributed by atoms with Crippen LogP contribution < -0.4 is 5.43 Å². The topological polar surface area (TPSA) is 66.6 Å². The van der Waals surface area contributed by atoms with Crippen LogP contribution in [0.5, 0.6) is 5.75 Å². The Morgan fingerprint density at radius 2 is 2.17 bits per heavy atom. The number of thiazole rings is 1. The second-order valence-electron chi connectivity index (χ2n) is 7.89. The van der Waals surface area contributed by atoms with Gasteiger partial charge < -0.3 is 9.52 Å². The minimum absolute atomic E-state index is 0.0813. The molecule has 0 amide bonds. The number of phenols is 1. The third kappa shape index (κ3) is 3.71. The lowest BCUT2D eigenvalue weighted by Crippen LogP contribution is -2.38. The predicted molar refractivity (Wildman–Crippen MR) is 118 cm³/mol. The van der Waals surface area contributed by atoms with Crippen LogP contribution >= 0.6 is 11.3 Å². The zero-order chi connectivity index (χ0) is 20.5. The van der Waals surface area contributed by atoms with Crippen LogP contribution in [-0.2, 0) is 13.0 Å². The maximum absolute atomic E-state index is 13.3. The number of aromatic hydroxyl groups is 1. The summed E-state index contributed by atoms with van der Waals surface area (Å²) in [5.74, 6) is 0.265. The van der Waals surface area contributed by atoms with Crippen molar-refractivity contribution >= 4 is 22.3 Å². The van der Waals surface area contributed by atoms with Gasteiger partial charge >= 0.3 is 0 Å². The summed E-state index contributed by atoms with van der Waals surface area (Å²) in [5, 5.41) is 14.1. The summed E-state index contributed by atoms with van der Waals surface area (Å²) in [6, 6.07) is 2.30. The molecule has 3 heterocycles. The number of hydrogen-bond donors (Lipinski definition) is 1. The molecule has 2 aromatic heterocycles. The van der Waals surface area contributed by atoms with Crippen LogP contribution in [0.1, 0.15) is 56.4 Å². The first-order valence-electron chi connectivity index (χ1n) is 10.5. The van der Waals surface area contributed by atoms with Crippen LogP contribution in [0.3, 0.4) is 0 Å². The molecular formula is C23H28N2O3S. The Balaban J connectivity index is 1.86. The smallest absolute Gasteiger partial charge is 0.202 e. The van der Waals surface area contributed by atoms with Crippen molar-refractivity contribution in [2.75, 3.05) is 6.54 Å². The molecule has 154 valence electrons. The molecule has 1 N–H and O–H groups in total. The third-order valence-electron chi connectivity index (χ3n) is 6.02. The van der Waals surface area contributed by atoms with Gasteiger partial charge in [0.05, 0.1) is 16.5 Å². The van der Waals surface area contributed by atoms with Crippen LogP contribution in [0.15, 0.2) is 26.9 Å². The zero-order valence-electron chi connectivity index (χ0n) is 17.3. The summed E-state index contributed by atoms with van der Waals surface area (Å²) >= 11 is 1.45. The van der Waals surface area contributed by atoms with E-state index in [1.807, 2.05) is 19.2 Å². The molecule has 29 heavy (non-hydrogen) atoms. The van der Waals surface area contributed by atoms with Crippen molar-refractivity contribution in [1.29, 1.82) is 0 Å². The normalized spacial score (nSPS) is 17.8. The Hall–Kier alpha value is -2.18. The molecule has 0 saturated carbocycles. The minimum Gasteiger partial charge on any atom is -0.507 e. The van der Waals surface area contributed by atoms with Crippen LogP contribution in [0, 0.1) is 6.92 Å². The van der Waals surface area contributed by atoms with Gasteiger partial charge in [-0.2, -0.15) is 0 Å². The van der Waals surface area contributed by atoms with Crippen molar-refractivity contribution in [1.82, 2.24) is 9.88 Å². The number of hydrogen-bond acceptors (Lipinski definition) is 6. The molecule has 1 aliphatic rings. The molecule has 1 fully saturated rings. The van der Waals surface area contributed by atoms with Gasteiger partial charge in [-0.25, -0.2) is 4.98 Å². The highest BCUT2D eigenvalue weighted by Gasteiger charge is 2.25. The fourth-order valence-corrected chi connectivity index (χ4v) is 5.17. The summed E-state index contributed by atoms with van der Waals surface area (Å²) < 4.78 is 5.99. The zero-order valence-corrected chi connectivity index (χ0v) is 18.1. The molecule has 1 atom stereocenters. The van der Waals surface area contributed by atoms with E-state index >= 15 is 0 Å². The van der Waals surface area contributed by atoms with Crippen LogP contribution in [-0.4, -0.2) is 27.6 Å². The molecule has 1 saturated heterocycles. The van der Waals surface area contributed by atoms with Gasteiger partial charge in [0, 0.05) is 23.7 Å². The maximum atomic E-state index is 13.3. The van der Waals surface area contributed by atoms with E-state index in [1.165, 1.54) is 36.9 Å². The van der Waals surface area contributed by atoms with Crippen molar-refractivity contribution in [3.8, 4) is 16.3 Å². The van der Waals surface area contributed by atoms with Gasteiger partial charge in [0.2, 0.25) is 5.43 Å². The molecule has 1 aromatic carbocycles. The van der Waals surface area contributed by atoms with Gasteiger partial charge in [-0.15, -0.1) is 11.3 Å². The number of likely N-dealkylation sites (tertiary alicyclic amines) is 1. The molecule has 0 radical (unpaired) electrons. The molecule has 0 spiro atoms. The number of fused-ring (bicyclic) bond motifs is 1. The number of phenolic OH excluding ortho intramolecular Hbond substituents is 1. The molecule has 4 rings (SSSR count). The van der Waals surface area contributed by atoms with Gasteiger partial charge in [-0.3, -0.25) is 9.69 Å². The first-order valence-corrected chi connectivity index (χ1v) is 11.4. The van der Waals surface area contributed by atoms with Gasteiger partial charge in [0.15, 0.2) is 0 Å². The van der Waals surface area contributed by atoms with E-state index in [4.69, 9.17) is 4.42 Å². The van der Waals surface area contributed by atoms with Gasteiger partial charge in [0.25, 0.3) is 0 Å². The van der Waals surface area contributed by atoms with Crippen LogP contribution in [0.2, 0.25) is 0 Å². The first kappa shape index (κ1) is 20.1. The van der Waals surface area contributed by atoms with E-state index in [1.54, 1.807) is 6.07 Å². The molecule has 3 aromatic rings. The van der Waals surface area contributed by atoms with E-state index in [0.717, 1.165) is 29.8 Å². The summed E-state index contributed by atoms with van der Waals surface area (Å²) in [6.07, 6.45) is 6.85. The molecule has 5 nitrogen and oxygen atoms in total. The van der Waals surface area contributed by atoms with Crippen molar-refractivity contribution in [3.63, 3.8) is 0 Å². The van der Waals surface area contributed by atoms with E-state index in [9.17, 15) is 9.90 Å². The fraction of sp³-hybridized carbons (Fsp3) is 0.478. The Bertz CT molecular complexity index is 1090.